The summed E-state index contributed by atoms with van der Waals surface area (Å²) in [6.45, 7) is 1.66. The summed E-state index contributed by atoms with van der Waals surface area (Å²) in [7, 11) is 0. The molecular weight excluding hydrogens is 382 g/mol. The molecule has 2 aromatic carbocycles. The predicted molar refractivity (Wildman–Crippen MR) is 97.1 cm³/mol. The molecule has 0 fully saturated rings. The summed E-state index contributed by atoms with van der Waals surface area (Å²) in [5, 5.41) is 5.52. The Hall–Kier alpha value is -2.31. The minimum Gasteiger partial charge on any atom is -0.478 e. The number of carbonyl (C=O) groups excluding carboxylic acids is 2. The quantitative estimate of drug-likeness (QED) is 0.764. The van der Waals surface area contributed by atoms with E-state index in [1.807, 2.05) is 0 Å². The van der Waals surface area contributed by atoms with Crippen molar-refractivity contribution in [2.75, 3.05) is 5.32 Å². The van der Waals surface area contributed by atoms with Crippen molar-refractivity contribution < 1.29 is 18.7 Å². The number of hydrogen-bond donors (Lipinski definition) is 2. The van der Waals surface area contributed by atoms with Gasteiger partial charge in [-0.2, -0.15) is 0 Å². The van der Waals surface area contributed by atoms with Crippen molar-refractivity contribution in [3.63, 3.8) is 0 Å². The zero-order chi connectivity index (χ0) is 18.8. The Kier molecular flexibility index (Phi) is 5.34. The number of fused-ring (bicyclic) bond motifs is 1. The number of anilines is 1. The number of carbonyl (C=O) groups is 2. The summed E-state index contributed by atoms with van der Waals surface area (Å²) in [5.41, 5.74) is 0.951. The van der Waals surface area contributed by atoms with Crippen LogP contribution in [0.2, 0.25) is 10.0 Å². The lowest BCUT2D eigenvalue weighted by Gasteiger charge is -2.26. The first kappa shape index (κ1) is 18.5. The zero-order valence-electron chi connectivity index (χ0n) is 13.7. The lowest BCUT2D eigenvalue weighted by atomic mass is 10.1. The smallest absolute Gasteiger partial charge is 0.266 e. The van der Waals surface area contributed by atoms with Gasteiger partial charge in [0.2, 0.25) is 5.91 Å². The van der Waals surface area contributed by atoms with E-state index in [4.69, 9.17) is 27.9 Å². The first-order valence-corrected chi connectivity index (χ1v) is 8.61. The van der Waals surface area contributed by atoms with Gasteiger partial charge in [-0.25, -0.2) is 4.39 Å². The third kappa shape index (κ3) is 3.92. The van der Waals surface area contributed by atoms with Crippen LogP contribution in [-0.2, 0) is 9.59 Å². The number of halogens is 3. The first-order chi connectivity index (χ1) is 12.3. The van der Waals surface area contributed by atoms with Crippen LogP contribution in [0, 0.1) is 5.82 Å². The Morgan fingerprint density at radius 1 is 1.31 bits per heavy atom. The van der Waals surface area contributed by atoms with Crippen LogP contribution in [0.25, 0.3) is 0 Å². The molecule has 0 aromatic heterocycles. The number of nitrogens with one attached hydrogen (secondary N) is 2. The molecule has 136 valence electrons. The summed E-state index contributed by atoms with van der Waals surface area (Å²) in [5.74, 6) is -0.954. The second-order valence-electron chi connectivity index (χ2n) is 5.87. The van der Waals surface area contributed by atoms with Gasteiger partial charge in [0.25, 0.3) is 5.91 Å². The summed E-state index contributed by atoms with van der Waals surface area (Å²) >= 11 is 11.7. The van der Waals surface area contributed by atoms with Gasteiger partial charge in [-0.05, 0) is 36.8 Å². The highest BCUT2D eigenvalue weighted by Crippen LogP contribution is 2.30. The summed E-state index contributed by atoms with van der Waals surface area (Å²) in [6, 6.07) is 8.85. The number of rotatable bonds is 4. The first-order valence-electron chi connectivity index (χ1n) is 7.85. The van der Waals surface area contributed by atoms with Crippen LogP contribution in [0.3, 0.4) is 0 Å². The van der Waals surface area contributed by atoms with Crippen molar-refractivity contribution in [2.24, 2.45) is 0 Å². The molecule has 5 nitrogen and oxygen atoms in total. The van der Waals surface area contributed by atoms with Crippen LogP contribution in [0.15, 0.2) is 36.4 Å². The fourth-order valence-electron chi connectivity index (χ4n) is 2.64. The van der Waals surface area contributed by atoms with Gasteiger partial charge >= 0.3 is 0 Å². The minimum atomic E-state index is -0.950. The molecule has 1 aliphatic heterocycles. The molecule has 2 atom stereocenters. The largest absolute Gasteiger partial charge is 0.478 e. The van der Waals surface area contributed by atoms with E-state index in [0.29, 0.717) is 17.0 Å². The molecule has 26 heavy (non-hydrogen) atoms. The predicted octanol–water partition coefficient (Wildman–Crippen LogP) is 4.10. The molecule has 0 radical (unpaired) electrons. The molecule has 1 heterocycles. The van der Waals surface area contributed by atoms with Crippen LogP contribution in [0.5, 0.6) is 5.75 Å². The van der Waals surface area contributed by atoms with Crippen LogP contribution in [0.1, 0.15) is 24.9 Å². The summed E-state index contributed by atoms with van der Waals surface area (Å²) in [4.78, 5) is 24.4. The fraction of sp³-hybridized carbons (Fsp3) is 0.222. The monoisotopic (exact) mass is 396 g/mol. The van der Waals surface area contributed by atoms with Crippen molar-refractivity contribution >= 4 is 40.7 Å². The van der Waals surface area contributed by atoms with Gasteiger partial charge in [-0.1, -0.05) is 35.3 Å². The number of amides is 2. The Labute approximate surface area is 159 Å². The second kappa shape index (κ2) is 7.51. The van der Waals surface area contributed by atoms with Crippen LogP contribution < -0.4 is 15.4 Å². The van der Waals surface area contributed by atoms with Gasteiger partial charge in [0.15, 0.2) is 6.10 Å². The molecule has 8 heteroatoms. The Balaban J connectivity index is 1.66. The molecule has 2 aromatic rings. The van der Waals surface area contributed by atoms with E-state index in [0.717, 1.165) is 0 Å². The molecule has 3 rings (SSSR count). The molecule has 1 aliphatic rings. The molecule has 0 bridgehead atoms. The van der Waals surface area contributed by atoms with E-state index in [1.54, 1.807) is 31.2 Å². The highest BCUT2D eigenvalue weighted by Gasteiger charge is 2.30. The van der Waals surface area contributed by atoms with Gasteiger partial charge in [0.1, 0.15) is 11.6 Å². The van der Waals surface area contributed by atoms with Crippen molar-refractivity contribution in [3.8, 4) is 5.75 Å². The van der Waals surface area contributed by atoms with Crippen molar-refractivity contribution in [2.45, 2.75) is 25.5 Å². The van der Waals surface area contributed by atoms with Gasteiger partial charge < -0.3 is 15.4 Å². The molecule has 2 N–H and O–H groups in total. The van der Waals surface area contributed by atoms with E-state index < -0.39 is 29.8 Å². The van der Waals surface area contributed by atoms with Crippen LogP contribution in [-0.4, -0.2) is 17.9 Å². The van der Waals surface area contributed by atoms with Crippen LogP contribution >= 0.6 is 23.2 Å². The Morgan fingerprint density at radius 2 is 2.04 bits per heavy atom. The molecule has 0 spiro atoms. The number of ether oxygens (including phenoxy) is 1. The number of para-hydroxylation sites is 2. The molecule has 0 aliphatic carbocycles. The van der Waals surface area contributed by atoms with Crippen LogP contribution in [0.4, 0.5) is 10.1 Å². The van der Waals surface area contributed by atoms with Crippen molar-refractivity contribution in [1.29, 1.82) is 0 Å². The lowest BCUT2D eigenvalue weighted by molar-refractivity contribution is -0.130. The highest BCUT2D eigenvalue weighted by molar-refractivity contribution is 6.35. The van der Waals surface area contributed by atoms with E-state index in [2.05, 4.69) is 10.6 Å². The van der Waals surface area contributed by atoms with E-state index in [9.17, 15) is 14.0 Å². The SMILES string of the molecule is C[C@H](NC(=O)C[C@H]1Oc2ccccc2NC1=O)c1cc(F)c(Cl)cc1Cl. The Bertz CT molecular complexity index is 876. The average molecular weight is 397 g/mol. The maximum Gasteiger partial charge on any atom is 0.266 e. The maximum absolute atomic E-state index is 13.6. The molecular formula is C18H15Cl2FN2O3. The normalized spacial score (nSPS) is 16.9. The molecule has 0 unspecified atom stereocenters. The second-order valence-corrected chi connectivity index (χ2v) is 6.69. The number of hydrogen-bond acceptors (Lipinski definition) is 3. The molecule has 0 saturated heterocycles. The van der Waals surface area contributed by atoms with Gasteiger partial charge in [-0.3, -0.25) is 9.59 Å². The van der Waals surface area contributed by atoms with E-state index in [-0.39, 0.29) is 16.5 Å². The topological polar surface area (TPSA) is 67.4 Å². The molecule has 0 saturated carbocycles. The van der Waals surface area contributed by atoms with E-state index >= 15 is 0 Å². The summed E-state index contributed by atoms with van der Waals surface area (Å²) < 4.78 is 19.2. The fourth-order valence-corrected chi connectivity index (χ4v) is 3.19. The average Bonchev–Trinajstić information content (AvgIpc) is 2.58. The minimum absolute atomic E-state index is 0.0942. The maximum atomic E-state index is 13.6. The van der Waals surface area contributed by atoms with Crippen molar-refractivity contribution in [1.82, 2.24) is 5.32 Å². The van der Waals surface area contributed by atoms with Crippen molar-refractivity contribution in [3.05, 3.63) is 57.8 Å². The van der Waals surface area contributed by atoms with Gasteiger partial charge in [0.05, 0.1) is 23.2 Å². The summed E-state index contributed by atoms with van der Waals surface area (Å²) in [6.07, 6.45) is -1.13. The lowest BCUT2D eigenvalue weighted by Crippen LogP contribution is -2.41. The third-order valence-corrected chi connectivity index (χ3v) is 4.58. The Morgan fingerprint density at radius 3 is 2.81 bits per heavy atom. The van der Waals surface area contributed by atoms with Gasteiger partial charge in [-0.15, -0.1) is 0 Å². The number of benzene rings is 2. The highest BCUT2D eigenvalue weighted by atomic mass is 35.5. The zero-order valence-corrected chi connectivity index (χ0v) is 15.2. The van der Waals surface area contributed by atoms with E-state index in [1.165, 1.54) is 12.1 Å². The molecule has 2 amide bonds. The standard InChI is InChI=1S/C18H15Cl2FN2O3/c1-9(10-6-13(21)12(20)7-11(10)19)22-17(24)8-16-18(25)23-14-4-2-3-5-15(14)26-16/h2-7,9,16H,8H2,1H3,(H,22,24)(H,23,25)/t9-,16+/m0/s1. The third-order valence-electron chi connectivity index (χ3n) is 3.96. The van der Waals surface area contributed by atoms with Gasteiger partial charge in [0, 0.05) is 5.02 Å².